The van der Waals surface area contributed by atoms with Crippen LogP contribution in [0.25, 0.3) is 5.82 Å². The zero-order valence-corrected chi connectivity index (χ0v) is 20.3. The predicted molar refractivity (Wildman–Crippen MR) is 125 cm³/mol. The first-order valence-corrected chi connectivity index (χ1v) is 11.7. The van der Waals surface area contributed by atoms with E-state index < -0.39 is 18.1 Å². The Labute approximate surface area is 205 Å². The van der Waals surface area contributed by atoms with Crippen LogP contribution in [-0.4, -0.2) is 44.5 Å². The van der Waals surface area contributed by atoms with Gasteiger partial charge in [0, 0.05) is 53.6 Å². The Balaban J connectivity index is 0.00000259. The van der Waals surface area contributed by atoms with Crippen molar-refractivity contribution in [3.8, 4) is 5.82 Å². The molecule has 178 valence electrons. The van der Waals surface area contributed by atoms with E-state index in [9.17, 15) is 13.9 Å². The van der Waals surface area contributed by atoms with Gasteiger partial charge in [-0.2, -0.15) is 13.9 Å². The number of aromatic nitrogens is 3. The minimum absolute atomic E-state index is 0. The van der Waals surface area contributed by atoms with Crippen LogP contribution < -0.4 is 0 Å². The van der Waals surface area contributed by atoms with Gasteiger partial charge in [0.1, 0.15) is 12.2 Å². The van der Waals surface area contributed by atoms with Gasteiger partial charge in [-0.05, 0) is 31.9 Å². The lowest BCUT2D eigenvalue weighted by Crippen LogP contribution is -2.48. The highest BCUT2D eigenvalue weighted by Gasteiger charge is 2.51. The summed E-state index contributed by atoms with van der Waals surface area (Å²) in [6, 6.07) is 5.00. The van der Waals surface area contributed by atoms with Crippen LogP contribution >= 0.6 is 35.3 Å². The minimum Gasteiger partial charge on any atom is -0.392 e. The van der Waals surface area contributed by atoms with Crippen LogP contribution in [0.4, 0.5) is 8.78 Å². The zero-order valence-electron chi connectivity index (χ0n) is 17.9. The number of hydrogen-bond donors (Lipinski definition) is 1. The number of aryl methyl sites for hydroxylation is 1. The number of likely N-dealkylation sites (tertiary alicyclic amines) is 1. The number of halogens is 4. The first-order valence-electron chi connectivity index (χ1n) is 10.5. The van der Waals surface area contributed by atoms with Crippen molar-refractivity contribution in [1.29, 1.82) is 0 Å². The summed E-state index contributed by atoms with van der Waals surface area (Å²) in [5.74, 6) is -2.38. The van der Waals surface area contributed by atoms with Crippen LogP contribution in [0.15, 0.2) is 30.6 Å². The largest absolute Gasteiger partial charge is 0.392 e. The Kier molecular flexibility index (Phi) is 6.83. The molecule has 2 aliphatic rings. The lowest BCUT2D eigenvalue weighted by molar-refractivity contribution is -0.182. The molecule has 3 aromatic rings. The molecule has 0 bridgehead atoms. The first-order chi connectivity index (χ1) is 15.3. The fraction of sp³-hybridized carbons (Fsp3) is 0.455. The molecule has 3 aromatic heterocycles. The second-order valence-corrected chi connectivity index (χ2v) is 10.1. The summed E-state index contributed by atoms with van der Waals surface area (Å²) in [5.41, 5.74) is 2.00. The number of thiophene rings is 1. The van der Waals surface area contributed by atoms with Crippen LogP contribution in [0.3, 0.4) is 0 Å². The van der Waals surface area contributed by atoms with Gasteiger partial charge in [-0.15, -0.1) is 23.7 Å². The third-order valence-corrected chi connectivity index (χ3v) is 7.80. The van der Waals surface area contributed by atoms with Crippen molar-refractivity contribution >= 4 is 35.3 Å². The molecule has 0 aromatic carbocycles. The molecule has 1 saturated heterocycles. The third-order valence-electron chi connectivity index (χ3n) is 6.35. The summed E-state index contributed by atoms with van der Waals surface area (Å²) in [6.45, 7) is 3.37. The maximum Gasteiger partial charge on any atom is 0.297 e. The van der Waals surface area contributed by atoms with Crippen LogP contribution in [0.5, 0.6) is 0 Å². The SMILES string of the molecule is Cc1nn(-c2ncccc2CO)cc1CN1CCC2(CC1)OCC(F)(F)c1cc(Cl)sc12.Cl. The Hall–Kier alpha value is -1.62. The number of nitrogens with zero attached hydrogens (tertiary/aromatic N) is 4. The maximum atomic E-state index is 14.3. The van der Waals surface area contributed by atoms with Crippen molar-refractivity contribution in [2.45, 2.75) is 44.4 Å². The molecule has 11 heteroatoms. The molecule has 1 spiro atoms. The Morgan fingerprint density at radius 3 is 2.76 bits per heavy atom. The summed E-state index contributed by atoms with van der Waals surface area (Å²) < 4.78 is 36.5. The van der Waals surface area contributed by atoms with E-state index in [2.05, 4.69) is 15.0 Å². The molecule has 5 rings (SSSR count). The zero-order chi connectivity index (χ0) is 22.5. The molecule has 0 amide bonds. The first kappa shape index (κ1) is 24.5. The van der Waals surface area contributed by atoms with Crippen molar-refractivity contribution in [2.24, 2.45) is 0 Å². The van der Waals surface area contributed by atoms with Gasteiger partial charge < -0.3 is 9.84 Å². The molecule has 2 aliphatic heterocycles. The van der Waals surface area contributed by atoms with Gasteiger partial charge in [0.15, 0.2) is 5.82 Å². The van der Waals surface area contributed by atoms with Crippen molar-refractivity contribution in [2.75, 3.05) is 19.7 Å². The van der Waals surface area contributed by atoms with E-state index >= 15 is 0 Å². The smallest absolute Gasteiger partial charge is 0.297 e. The molecular weight excluding hydrogens is 493 g/mol. The second kappa shape index (κ2) is 9.20. The summed E-state index contributed by atoms with van der Waals surface area (Å²) in [6.07, 6.45) is 4.88. The molecule has 0 saturated carbocycles. The van der Waals surface area contributed by atoms with E-state index in [1.165, 1.54) is 17.4 Å². The average molecular weight is 517 g/mol. The highest BCUT2D eigenvalue weighted by Crippen LogP contribution is 2.52. The second-order valence-electron chi connectivity index (χ2n) is 8.39. The summed E-state index contributed by atoms with van der Waals surface area (Å²) in [5, 5.41) is 14.2. The van der Waals surface area contributed by atoms with Gasteiger partial charge in [0.05, 0.1) is 16.6 Å². The molecule has 0 aliphatic carbocycles. The predicted octanol–water partition coefficient (Wildman–Crippen LogP) is 4.82. The number of pyridine rings is 1. The molecule has 33 heavy (non-hydrogen) atoms. The van der Waals surface area contributed by atoms with Crippen molar-refractivity contribution in [3.05, 3.63) is 62.2 Å². The number of piperidine rings is 1. The van der Waals surface area contributed by atoms with E-state index in [1.54, 1.807) is 16.9 Å². The van der Waals surface area contributed by atoms with Gasteiger partial charge in [0.25, 0.3) is 5.92 Å². The standard InChI is InChI=1S/C22H23ClF2N4O2S.ClH/c1-14-16(11-29(27-14)20-15(12-30)3-2-6-26-20)10-28-7-4-21(5-8-28)19-17(9-18(23)32-19)22(24,25)13-31-21;/h2-3,6,9,11,30H,4-5,7-8,10,12-13H2,1H3;1H. The lowest BCUT2D eigenvalue weighted by atomic mass is 9.84. The van der Waals surface area contributed by atoms with E-state index in [1.807, 2.05) is 19.2 Å². The van der Waals surface area contributed by atoms with Gasteiger partial charge in [-0.1, -0.05) is 17.7 Å². The normalized spacial score (nSPS) is 19.3. The van der Waals surface area contributed by atoms with Crippen molar-refractivity contribution < 1.29 is 18.6 Å². The Morgan fingerprint density at radius 1 is 1.27 bits per heavy atom. The van der Waals surface area contributed by atoms with Crippen LogP contribution in [0, 0.1) is 6.92 Å². The topological polar surface area (TPSA) is 63.4 Å². The molecule has 0 unspecified atom stereocenters. The highest BCUT2D eigenvalue weighted by molar-refractivity contribution is 7.16. The van der Waals surface area contributed by atoms with Gasteiger partial charge in [-0.25, -0.2) is 9.67 Å². The summed E-state index contributed by atoms with van der Waals surface area (Å²) >= 11 is 7.31. The Bertz CT molecular complexity index is 1150. The average Bonchev–Trinajstić information content (AvgIpc) is 3.37. The van der Waals surface area contributed by atoms with Gasteiger partial charge >= 0.3 is 0 Å². The van der Waals surface area contributed by atoms with Crippen LogP contribution in [-0.2, 0) is 29.4 Å². The Morgan fingerprint density at radius 2 is 2.03 bits per heavy atom. The number of aliphatic hydroxyl groups excluding tert-OH is 1. The van der Waals surface area contributed by atoms with Gasteiger partial charge in [-0.3, -0.25) is 4.90 Å². The summed E-state index contributed by atoms with van der Waals surface area (Å²) in [7, 11) is 0. The van der Waals surface area contributed by atoms with Crippen LogP contribution in [0.2, 0.25) is 4.34 Å². The fourth-order valence-electron chi connectivity index (χ4n) is 4.55. The molecule has 0 atom stereocenters. The van der Waals surface area contributed by atoms with E-state index in [0.717, 1.165) is 24.3 Å². The molecule has 5 heterocycles. The van der Waals surface area contributed by atoms with E-state index in [0.29, 0.717) is 40.0 Å². The minimum atomic E-state index is -2.99. The van der Waals surface area contributed by atoms with Crippen molar-refractivity contribution in [3.63, 3.8) is 0 Å². The number of hydrogen-bond acceptors (Lipinski definition) is 6. The molecular formula is C22H24Cl2F2N4O2S. The lowest BCUT2D eigenvalue weighted by Gasteiger charge is -2.45. The maximum absolute atomic E-state index is 14.3. The third kappa shape index (κ3) is 4.42. The number of fused-ring (bicyclic) bond motifs is 2. The highest BCUT2D eigenvalue weighted by atomic mass is 35.5. The van der Waals surface area contributed by atoms with Gasteiger partial charge in [0.2, 0.25) is 0 Å². The molecule has 1 fully saturated rings. The van der Waals surface area contributed by atoms with E-state index in [-0.39, 0.29) is 24.6 Å². The number of rotatable bonds is 4. The van der Waals surface area contributed by atoms with E-state index in [4.69, 9.17) is 16.3 Å². The monoisotopic (exact) mass is 516 g/mol. The summed E-state index contributed by atoms with van der Waals surface area (Å²) in [4.78, 5) is 7.22. The number of ether oxygens (including phenoxy) is 1. The fourth-order valence-corrected chi connectivity index (χ4v) is 6.03. The number of alkyl halides is 2. The number of aliphatic hydroxyl groups is 1. The van der Waals surface area contributed by atoms with Crippen LogP contribution in [0.1, 0.15) is 40.1 Å². The molecule has 0 radical (unpaired) electrons. The van der Waals surface area contributed by atoms with Crippen molar-refractivity contribution in [1.82, 2.24) is 19.7 Å². The molecule has 6 nitrogen and oxygen atoms in total. The quantitative estimate of drug-likeness (QED) is 0.538. The molecule has 1 N–H and O–H groups in total.